The molecule has 0 amide bonds. The van der Waals surface area contributed by atoms with Gasteiger partial charge in [0.05, 0.1) is 5.41 Å². The molecule has 0 aromatic carbocycles. The summed E-state index contributed by atoms with van der Waals surface area (Å²) in [5, 5.41) is 0. The van der Waals surface area contributed by atoms with Crippen LogP contribution < -0.4 is 0 Å². The van der Waals surface area contributed by atoms with E-state index < -0.39 is 0 Å². The Bertz CT molecular complexity index is 333. The van der Waals surface area contributed by atoms with E-state index >= 15 is 0 Å². The van der Waals surface area contributed by atoms with E-state index in [1.54, 1.807) is 0 Å². The summed E-state index contributed by atoms with van der Waals surface area (Å²) in [6.07, 6.45) is 8.77. The second-order valence-corrected chi connectivity index (χ2v) is 4.12. The molecule has 2 rings (SSSR count). The summed E-state index contributed by atoms with van der Waals surface area (Å²) in [5.41, 5.74) is 1.89. The molecule has 0 radical (unpaired) electrons. The molecular formula is C12H14O. The molecule has 2 aliphatic carbocycles. The molecule has 0 aromatic heterocycles. The van der Waals surface area contributed by atoms with Crippen LogP contribution in [0, 0.1) is 5.41 Å². The number of rotatable bonds is 0. The molecule has 1 heteroatoms. The van der Waals surface area contributed by atoms with Gasteiger partial charge in [0.25, 0.3) is 0 Å². The molecule has 0 aliphatic heterocycles. The molecule has 13 heavy (non-hydrogen) atoms. The lowest BCUT2D eigenvalue weighted by atomic mass is 9.76. The third kappa shape index (κ3) is 1.19. The van der Waals surface area contributed by atoms with Crippen molar-refractivity contribution in [2.75, 3.05) is 0 Å². The number of ketones is 1. The van der Waals surface area contributed by atoms with Crippen LogP contribution in [0.15, 0.2) is 36.0 Å². The molecule has 1 atom stereocenters. The number of carbonyl (C=O) groups excluding carboxylic acids is 1. The van der Waals surface area contributed by atoms with Gasteiger partial charge in [-0.15, -0.1) is 0 Å². The molecule has 0 bridgehead atoms. The van der Waals surface area contributed by atoms with Gasteiger partial charge in [0, 0.05) is 0 Å². The molecule has 2 aliphatic rings. The first-order chi connectivity index (χ1) is 6.14. The van der Waals surface area contributed by atoms with Crippen molar-refractivity contribution < 1.29 is 4.79 Å². The molecule has 1 fully saturated rings. The Labute approximate surface area is 78.8 Å². The predicted molar refractivity (Wildman–Crippen MR) is 53.3 cm³/mol. The smallest absolute Gasteiger partial charge is 0.168 e. The second kappa shape index (κ2) is 2.69. The van der Waals surface area contributed by atoms with Gasteiger partial charge < -0.3 is 0 Å². The van der Waals surface area contributed by atoms with Gasteiger partial charge in [0.2, 0.25) is 0 Å². The van der Waals surface area contributed by atoms with Gasteiger partial charge in [0.15, 0.2) is 5.78 Å². The molecule has 0 heterocycles. The number of hydrogen-bond donors (Lipinski definition) is 0. The van der Waals surface area contributed by atoms with E-state index in [2.05, 4.69) is 12.7 Å². The highest BCUT2D eigenvalue weighted by molar-refractivity contribution is 6.02. The average molecular weight is 174 g/mol. The summed E-state index contributed by atoms with van der Waals surface area (Å²) in [6.45, 7) is 5.86. The van der Waals surface area contributed by atoms with Crippen LogP contribution in [-0.4, -0.2) is 5.78 Å². The molecule has 0 saturated heterocycles. The monoisotopic (exact) mass is 174 g/mol. The molecule has 0 aromatic rings. The van der Waals surface area contributed by atoms with E-state index in [0.29, 0.717) is 5.78 Å². The summed E-state index contributed by atoms with van der Waals surface area (Å²) in [5.74, 6) is 0.300. The highest BCUT2D eigenvalue weighted by Crippen LogP contribution is 2.45. The van der Waals surface area contributed by atoms with Crippen molar-refractivity contribution in [3.05, 3.63) is 36.0 Å². The van der Waals surface area contributed by atoms with Crippen molar-refractivity contribution in [2.45, 2.75) is 26.2 Å². The molecule has 0 N–H and O–H groups in total. The van der Waals surface area contributed by atoms with Crippen LogP contribution in [0.3, 0.4) is 0 Å². The molecule has 0 unspecified atom stereocenters. The molecule has 1 spiro atoms. The Kier molecular flexibility index (Phi) is 1.76. The van der Waals surface area contributed by atoms with Crippen molar-refractivity contribution in [1.29, 1.82) is 0 Å². The van der Waals surface area contributed by atoms with Crippen LogP contribution in [0.25, 0.3) is 0 Å². The Morgan fingerprint density at radius 2 is 2.31 bits per heavy atom. The van der Waals surface area contributed by atoms with Crippen LogP contribution in [0.4, 0.5) is 0 Å². The Morgan fingerprint density at radius 3 is 2.92 bits per heavy atom. The van der Waals surface area contributed by atoms with Crippen LogP contribution in [0.1, 0.15) is 26.2 Å². The van der Waals surface area contributed by atoms with Gasteiger partial charge >= 0.3 is 0 Å². The predicted octanol–water partition coefficient (Wildman–Crippen LogP) is 2.80. The quantitative estimate of drug-likeness (QED) is 0.516. The molecule has 68 valence electrons. The summed E-state index contributed by atoms with van der Waals surface area (Å²) in [6, 6.07) is 0. The Hall–Kier alpha value is -1.11. The lowest BCUT2D eigenvalue weighted by molar-refractivity contribution is -0.122. The SMILES string of the molecule is C=C1CC[C@@]2(C=CC=C(C)C2=O)C1. The zero-order chi connectivity index (χ0) is 9.47. The molecular weight excluding hydrogens is 160 g/mol. The van der Waals surface area contributed by atoms with Gasteiger partial charge in [-0.1, -0.05) is 30.4 Å². The van der Waals surface area contributed by atoms with Gasteiger partial charge in [-0.2, -0.15) is 0 Å². The van der Waals surface area contributed by atoms with Crippen LogP contribution in [-0.2, 0) is 4.79 Å². The van der Waals surface area contributed by atoms with Gasteiger partial charge in [0.1, 0.15) is 0 Å². The van der Waals surface area contributed by atoms with E-state index in [-0.39, 0.29) is 5.41 Å². The third-order valence-corrected chi connectivity index (χ3v) is 3.06. The number of hydrogen-bond acceptors (Lipinski definition) is 1. The lowest BCUT2D eigenvalue weighted by Crippen LogP contribution is -2.28. The second-order valence-electron chi connectivity index (χ2n) is 4.12. The summed E-state index contributed by atoms with van der Waals surface area (Å²) in [7, 11) is 0. The number of allylic oxidation sites excluding steroid dienone is 5. The van der Waals surface area contributed by atoms with Gasteiger partial charge in [-0.05, 0) is 31.8 Å². The minimum atomic E-state index is -0.212. The lowest BCUT2D eigenvalue weighted by Gasteiger charge is -2.25. The first-order valence-corrected chi connectivity index (χ1v) is 4.72. The minimum absolute atomic E-state index is 0.212. The van der Waals surface area contributed by atoms with Gasteiger partial charge in [-0.3, -0.25) is 4.79 Å². The zero-order valence-electron chi connectivity index (χ0n) is 7.97. The van der Waals surface area contributed by atoms with E-state index in [4.69, 9.17) is 0 Å². The van der Waals surface area contributed by atoms with E-state index in [1.165, 1.54) is 5.57 Å². The topological polar surface area (TPSA) is 17.1 Å². The van der Waals surface area contributed by atoms with E-state index in [9.17, 15) is 4.79 Å². The minimum Gasteiger partial charge on any atom is -0.294 e. The first kappa shape index (κ1) is 8.49. The van der Waals surface area contributed by atoms with Crippen molar-refractivity contribution in [2.24, 2.45) is 5.41 Å². The summed E-state index contributed by atoms with van der Waals surface area (Å²) in [4.78, 5) is 11.9. The van der Waals surface area contributed by atoms with Crippen molar-refractivity contribution in [1.82, 2.24) is 0 Å². The van der Waals surface area contributed by atoms with Crippen LogP contribution >= 0.6 is 0 Å². The van der Waals surface area contributed by atoms with Crippen LogP contribution in [0.5, 0.6) is 0 Å². The fourth-order valence-electron chi connectivity index (χ4n) is 2.28. The number of Topliss-reactive ketones (excluding diaryl/α,β-unsaturated/α-hetero) is 1. The van der Waals surface area contributed by atoms with Crippen molar-refractivity contribution >= 4 is 5.78 Å². The Morgan fingerprint density at radius 1 is 1.54 bits per heavy atom. The van der Waals surface area contributed by atoms with Crippen LogP contribution in [0.2, 0.25) is 0 Å². The largest absolute Gasteiger partial charge is 0.294 e. The maximum absolute atomic E-state index is 11.9. The molecule has 1 nitrogen and oxygen atoms in total. The fourth-order valence-corrected chi connectivity index (χ4v) is 2.28. The van der Waals surface area contributed by atoms with Crippen molar-refractivity contribution in [3.63, 3.8) is 0 Å². The molecule has 1 saturated carbocycles. The van der Waals surface area contributed by atoms with E-state index in [0.717, 1.165) is 24.8 Å². The summed E-state index contributed by atoms with van der Waals surface area (Å²) >= 11 is 0. The van der Waals surface area contributed by atoms with Gasteiger partial charge in [-0.25, -0.2) is 0 Å². The maximum Gasteiger partial charge on any atom is 0.168 e. The van der Waals surface area contributed by atoms with Crippen molar-refractivity contribution in [3.8, 4) is 0 Å². The first-order valence-electron chi connectivity index (χ1n) is 4.72. The highest BCUT2D eigenvalue weighted by atomic mass is 16.1. The van der Waals surface area contributed by atoms with E-state index in [1.807, 2.05) is 19.1 Å². The summed E-state index contributed by atoms with van der Waals surface area (Å²) < 4.78 is 0. The fraction of sp³-hybridized carbons (Fsp3) is 0.417. The normalized spacial score (nSPS) is 32.8. The number of carbonyl (C=O) groups is 1. The Balaban J connectivity index is 2.35. The average Bonchev–Trinajstić information content (AvgIpc) is 2.45. The zero-order valence-corrected chi connectivity index (χ0v) is 7.97. The standard InChI is InChI=1S/C12H14O/c1-9-5-7-12(8-9)6-3-4-10(2)11(12)13/h3-4,6H,1,5,7-8H2,2H3/t12-/m0/s1. The maximum atomic E-state index is 11.9. The third-order valence-electron chi connectivity index (χ3n) is 3.06. The highest BCUT2D eigenvalue weighted by Gasteiger charge is 2.41.